The average molecular weight is 311 g/mol. The van der Waals surface area contributed by atoms with Gasteiger partial charge in [-0.25, -0.2) is 0 Å². The minimum Gasteiger partial charge on any atom is -0.384 e. The van der Waals surface area contributed by atoms with Gasteiger partial charge in [0.2, 0.25) is 5.91 Å². The van der Waals surface area contributed by atoms with Gasteiger partial charge in [-0.1, -0.05) is 0 Å². The number of ether oxygens (including phenoxy) is 3. The van der Waals surface area contributed by atoms with Gasteiger partial charge < -0.3 is 19.1 Å². The van der Waals surface area contributed by atoms with Crippen LogP contribution in [0.1, 0.15) is 32.1 Å². The van der Waals surface area contributed by atoms with E-state index in [1.165, 1.54) is 0 Å². The van der Waals surface area contributed by atoms with E-state index in [4.69, 9.17) is 14.2 Å². The molecule has 0 bridgehead atoms. The van der Waals surface area contributed by atoms with Crippen LogP contribution < -0.4 is 0 Å². The lowest BCUT2D eigenvalue weighted by molar-refractivity contribution is -0.145. The van der Waals surface area contributed by atoms with Gasteiger partial charge in [-0.3, -0.25) is 4.79 Å². The Morgan fingerprint density at radius 2 is 1.86 bits per heavy atom. The molecule has 3 aliphatic rings. The van der Waals surface area contributed by atoms with Crippen LogP contribution in [0.25, 0.3) is 0 Å². The Labute approximate surface area is 133 Å². The molecule has 3 heterocycles. The fourth-order valence-electron chi connectivity index (χ4n) is 4.34. The zero-order valence-electron chi connectivity index (χ0n) is 13.7. The number of hydrogen-bond acceptors (Lipinski definition) is 4. The molecule has 5 nitrogen and oxygen atoms in total. The first kappa shape index (κ1) is 16.2. The molecule has 3 fully saturated rings. The number of piperidine rings is 1. The lowest BCUT2D eigenvalue weighted by Crippen LogP contribution is -2.51. The highest BCUT2D eigenvalue weighted by Gasteiger charge is 2.44. The topological polar surface area (TPSA) is 48.0 Å². The molecule has 5 heteroatoms. The van der Waals surface area contributed by atoms with Gasteiger partial charge in [-0.2, -0.15) is 0 Å². The van der Waals surface area contributed by atoms with Crippen molar-refractivity contribution in [3.8, 4) is 0 Å². The molecule has 0 aromatic heterocycles. The highest BCUT2D eigenvalue weighted by molar-refractivity contribution is 5.79. The number of methoxy groups -OCH3 is 1. The van der Waals surface area contributed by atoms with Crippen molar-refractivity contribution in [3.63, 3.8) is 0 Å². The van der Waals surface area contributed by atoms with Gasteiger partial charge in [-0.15, -0.1) is 0 Å². The van der Waals surface area contributed by atoms with Crippen LogP contribution in [-0.2, 0) is 19.0 Å². The van der Waals surface area contributed by atoms with E-state index < -0.39 is 0 Å². The van der Waals surface area contributed by atoms with Crippen molar-refractivity contribution in [2.24, 2.45) is 17.3 Å². The number of hydrogen-bond donors (Lipinski definition) is 0. The maximum Gasteiger partial charge on any atom is 0.225 e. The van der Waals surface area contributed by atoms with Crippen LogP contribution in [-0.4, -0.2) is 64.0 Å². The summed E-state index contributed by atoms with van der Waals surface area (Å²) in [7, 11) is 1.77. The Morgan fingerprint density at radius 3 is 2.55 bits per heavy atom. The Bertz CT molecular complexity index is 371. The van der Waals surface area contributed by atoms with Crippen LogP contribution in [0.3, 0.4) is 0 Å². The first-order valence-electron chi connectivity index (χ1n) is 8.68. The predicted octanol–water partition coefficient (Wildman–Crippen LogP) is 1.70. The largest absolute Gasteiger partial charge is 0.384 e. The molecular formula is C17H29NO4. The molecule has 1 amide bonds. The Balaban J connectivity index is 1.57. The number of likely N-dealkylation sites (tertiary alicyclic amines) is 1. The van der Waals surface area contributed by atoms with Crippen LogP contribution in [0.5, 0.6) is 0 Å². The summed E-state index contributed by atoms with van der Waals surface area (Å²) in [5.41, 5.74) is 0.320. The number of nitrogens with zero attached hydrogens (tertiary/aromatic N) is 1. The highest BCUT2D eigenvalue weighted by Crippen LogP contribution is 2.45. The molecule has 3 aliphatic heterocycles. The molecule has 0 aromatic carbocycles. The molecule has 126 valence electrons. The van der Waals surface area contributed by atoms with Gasteiger partial charge in [0.15, 0.2) is 0 Å². The van der Waals surface area contributed by atoms with Gasteiger partial charge in [-0.05, 0) is 37.5 Å². The first-order chi connectivity index (χ1) is 10.7. The highest BCUT2D eigenvalue weighted by atomic mass is 16.5. The second-order valence-corrected chi connectivity index (χ2v) is 7.05. The third-order valence-corrected chi connectivity index (χ3v) is 5.94. The van der Waals surface area contributed by atoms with Gasteiger partial charge in [0.25, 0.3) is 0 Å². The van der Waals surface area contributed by atoms with Gasteiger partial charge in [0, 0.05) is 51.9 Å². The van der Waals surface area contributed by atoms with Crippen LogP contribution in [0.15, 0.2) is 0 Å². The van der Waals surface area contributed by atoms with E-state index >= 15 is 0 Å². The zero-order valence-corrected chi connectivity index (χ0v) is 13.7. The van der Waals surface area contributed by atoms with Crippen LogP contribution in [0.2, 0.25) is 0 Å². The van der Waals surface area contributed by atoms with E-state index in [0.717, 1.165) is 78.2 Å². The number of amides is 1. The maximum absolute atomic E-state index is 12.7. The van der Waals surface area contributed by atoms with Crippen LogP contribution in [0, 0.1) is 17.3 Å². The van der Waals surface area contributed by atoms with E-state index in [0.29, 0.717) is 17.2 Å². The normalized spacial score (nSPS) is 29.7. The van der Waals surface area contributed by atoms with Gasteiger partial charge in [0.1, 0.15) is 0 Å². The number of rotatable bonds is 3. The fraction of sp³-hybridized carbons (Fsp3) is 0.941. The van der Waals surface area contributed by atoms with E-state index in [9.17, 15) is 4.79 Å². The Kier molecular flexibility index (Phi) is 5.37. The molecule has 0 aromatic rings. The minimum atomic E-state index is 0.187. The summed E-state index contributed by atoms with van der Waals surface area (Å²) in [6, 6.07) is 0. The van der Waals surface area contributed by atoms with Crippen molar-refractivity contribution >= 4 is 5.91 Å². The van der Waals surface area contributed by atoms with Crippen LogP contribution >= 0.6 is 0 Å². The molecule has 22 heavy (non-hydrogen) atoms. The van der Waals surface area contributed by atoms with Crippen molar-refractivity contribution in [2.45, 2.75) is 32.1 Å². The standard InChI is InChI=1S/C17H29NO4/c1-20-12-15-13-22-11-6-17(15)4-7-18(8-5-17)16(19)14-2-9-21-10-3-14/h14-15H,2-13H2,1H3. The SMILES string of the molecule is COCC1COCCC12CCN(C(=O)C1CCOCC1)CC2. The summed E-state index contributed by atoms with van der Waals surface area (Å²) in [5, 5.41) is 0. The summed E-state index contributed by atoms with van der Waals surface area (Å²) in [4.78, 5) is 14.8. The van der Waals surface area contributed by atoms with Crippen molar-refractivity contribution in [1.82, 2.24) is 4.90 Å². The molecule has 1 atom stereocenters. The summed E-state index contributed by atoms with van der Waals surface area (Å²) in [6.45, 7) is 5.71. The zero-order chi connectivity index (χ0) is 15.4. The summed E-state index contributed by atoms with van der Waals surface area (Å²) < 4.78 is 16.4. The van der Waals surface area contributed by atoms with Crippen molar-refractivity contribution < 1.29 is 19.0 Å². The quantitative estimate of drug-likeness (QED) is 0.796. The summed E-state index contributed by atoms with van der Waals surface area (Å²) in [6.07, 6.45) is 5.08. The molecule has 1 spiro atoms. The van der Waals surface area contributed by atoms with E-state index in [1.54, 1.807) is 7.11 Å². The van der Waals surface area contributed by atoms with Crippen molar-refractivity contribution in [1.29, 1.82) is 0 Å². The molecule has 1 unspecified atom stereocenters. The molecule has 0 radical (unpaired) electrons. The van der Waals surface area contributed by atoms with E-state index in [2.05, 4.69) is 4.90 Å². The van der Waals surface area contributed by atoms with E-state index in [1.807, 2.05) is 0 Å². The second kappa shape index (κ2) is 7.28. The van der Waals surface area contributed by atoms with Crippen molar-refractivity contribution in [2.75, 3.05) is 53.2 Å². The van der Waals surface area contributed by atoms with Crippen LogP contribution in [0.4, 0.5) is 0 Å². The Morgan fingerprint density at radius 1 is 1.14 bits per heavy atom. The predicted molar refractivity (Wildman–Crippen MR) is 82.6 cm³/mol. The minimum absolute atomic E-state index is 0.187. The Hall–Kier alpha value is -0.650. The fourth-order valence-corrected chi connectivity index (χ4v) is 4.34. The number of carbonyl (C=O) groups excluding carboxylic acids is 1. The molecular weight excluding hydrogens is 282 g/mol. The summed E-state index contributed by atoms with van der Waals surface area (Å²) >= 11 is 0. The molecule has 0 saturated carbocycles. The lowest BCUT2D eigenvalue weighted by Gasteiger charge is -2.49. The van der Waals surface area contributed by atoms with Gasteiger partial charge in [0.05, 0.1) is 13.2 Å². The smallest absolute Gasteiger partial charge is 0.225 e. The number of carbonyl (C=O) groups is 1. The monoisotopic (exact) mass is 311 g/mol. The maximum atomic E-state index is 12.7. The second-order valence-electron chi connectivity index (χ2n) is 7.05. The average Bonchev–Trinajstić information content (AvgIpc) is 2.58. The third kappa shape index (κ3) is 3.31. The first-order valence-corrected chi connectivity index (χ1v) is 8.68. The molecule has 3 saturated heterocycles. The van der Waals surface area contributed by atoms with Gasteiger partial charge >= 0.3 is 0 Å². The molecule has 0 aliphatic carbocycles. The van der Waals surface area contributed by atoms with Crippen molar-refractivity contribution in [3.05, 3.63) is 0 Å². The lowest BCUT2D eigenvalue weighted by atomic mass is 9.66. The molecule has 3 rings (SSSR count). The third-order valence-electron chi connectivity index (χ3n) is 5.94. The molecule has 0 N–H and O–H groups in total. The van der Waals surface area contributed by atoms with E-state index in [-0.39, 0.29) is 5.92 Å². The summed E-state index contributed by atoms with van der Waals surface area (Å²) in [5.74, 6) is 1.02.